The number of amides is 2. The summed E-state index contributed by atoms with van der Waals surface area (Å²) in [6, 6.07) is 20.6. The van der Waals surface area contributed by atoms with Gasteiger partial charge in [-0.3, -0.25) is 9.59 Å². The van der Waals surface area contributed by atoms with Crippen molar-refractivity contribution in [2.45, 2.75) is 26.3 Å². The third kappa shape index (κ3) is 4.06. The largest absolute Gasteiger partial charge is 0.494 e. The fourth-order valence-corrected chi connectivity index (χ4v) is 3.57. The highest BCUT2D eigenvalue weighted by molar-refractivity contribution is 6.11. The standard InChI is InChI=1S/C25H24N2O3/c1-2-3-15-30-19-11-9-17(10-12-19)20-13-14-22(23-21(20)16-26-25(23)29)27-24(28)18-7-5-4-6-8-18/h4-14H,2-3,15-16H2,1H3,(H,26,29)(H,27,28). The van der Waals surface area contributed by atoms with Crippen molar-refractivity contribution in [1.82, 2.24) is 5.32 Å². The van der Waals surface area contributed by atoms with Crippen LogP contribution in [0.2, 0.25) is 0 Å². The molecule has 3 aromatic rings. The number of anilines is 1. The van der Waals surface area contributed by atoms with E-state index in [1.807, 2.05) is 48.5 Å². The molecule has 0 aromatic heterocycles. The van der Waals surface area contributed by atoms with Crippen molar-refractivity contribution in [1.29, 1.82) is 0 Å². The fourth-order valence-electron chi connectivity index (χ4n) is 3.57. The van der Waals surface area contributed by atoms with Crippen molar-refractivity contribution in [3.63, 3.8) is 0 Å². The first kappa shape index (κ1) is 19.7. The van der Waals surface area contributed by atoms with Gasteiger partial charge < -0.3 is 15.4 Å². The molecule has 30 heavy (non-hydrogen) atoms. The Morgan fingerprint density at radius 2 is 1.80 bits per heavy atom. The maximum Gasteiger partial charge on any atom is 0.255 e. The van der Waals surface area contributed by atoms with Crippen molar-refractivity contribution in [2.24, 2.45) is 0 Å². The molecule has 5 heteroatoms. The van der Waals surface area contributed by atoms with Crippen LogP contribution in [0.5, 0.6) is 5.75 Å². The summed E-state index contributed by atoms with van der Waals surface area (Å²) < 4.78 is 5.74. The minimum Gasteiger partial charge on any atom is -0.494 e. The molecule has 1 aliphatic heterocycles. The molecule has 0 fully saturated rings. The Labute approximate surface area is 176 Å². The first-order valence-electron chi connectivity index (χ1n) is 10.2. The molecule has 4 rings (SSSR count). The van der Waals surface area contributed by atoms with E-state index in [0.717, 1.165) is 35.3 Å². The van der Waals surface area contributed by atoms with Crippen LogP contribution in [0.1, 0.15) is 46.0 Å². The van der Waals surface area contributed by atoms with Crippen molar-refractivity contribution < 1.29 is 14.3 Å². The molecule has 1 heterocycles. The molecular weight excluding hydrogens is 376 g/mol. The smallest absolute Gasteiger partial charge is 0.255 e. The van der Waals surface area contributed by atoms with Gasteiger partial charge in [0.05, 0.1) is 17.9 Å². The summed E-state index contributed by atoms with van der Waals surface area (Å²) in [5, 5.41) is 5.77. The van der Waals surface area contributed by atoms with Crippen LogP contribution >= 0.6 is 0 Å². The summed E-state index contributed by atoms with van der Waals surface area (Å²) in [5.41, 5.74) is 4.47. The molecule has 0 radical (unpaired) electrons. The summed E-state index contributed by atoms with van der Waals surface area (Å²) in [6.07, 6.45) is 2.12. The minimum atomic E-state index is -0.237. The van der Waals surface area contributed by atoms with Gasteiger partial charge in [-0.1, -0.05) is 49.7 Å². The van der Waals surface area contributed by atoms with Crippen molar-refractivity contribution in [2.75, 3.05) is 11.9 Å². The summed E-state index contributed by atoms with van der Waals surface area (Å²) in [7, 11) is 0. The van der Waals surface area contributed by atoms with Gasteiger partial charge in [-0.2, -0.15) is 0 Å². The number of fused-ring (bicyclic) bond motifs is 1. The fraction of sp³-hybridized carbons (Fsp3) is 0.200. The van der Waals surface area contributed by atoms with E-state index in [9.17, 15) is 9.59 Å². The zero-order chi connectivity index (χ0) is 20.9. The minimum absolute atomic E-state index is 0.172. The number of ether oxygens (including phenoxy) is 1. The predicted molar refractivity (Wildman–Crippen MR) is 118 cm³/mol. The van der Waals surface area contributed by atoms with Crippen LogP contribution in [0.15, 0.2) is 66.7 Å². The van der Waals surface area contributed by atoms with Crippen LogP contribution in [0, 0.1) is 0 Å². The quantitative estimate of drug-likeness (QED) is 0.547. The Balaban J connectivity index is 1.61. The first-order valence-corrected chi connectivity index (χ1v) is 10.2. The van der Waals surface area contributed by atoms with Crippen molar-refractivity contribution in [3.8, 4) is 16.9 Å². The number of benzene rings is 3. The Bertz CT molecular complexity index is 1060. The SMILES string of the molecule is CCCCOc1ccc(-c2ccc(NC(=O)c3ccccc3)c3c2CNC3=O)cc1. The molecular formula is C25H24N2O3. The molecule has 0 atom stereocenters. The maximum absolute atomic E-state index is 12.6. The molecule has 0 bridgehead atoms. The number of unbranched alkanes of at least 4 members (excludes halogenated alkanes) is 1. The molecule has 0 aliphatic carbocycles. The van der Waals surface area contributed by atoms with Gasteiger partial charge in [-0.05, 0) is 53.4 Å². The number of hydrogen-bond acceptors (Lipinski definition) is 3. The molecule has 3 aromatic carbocycles. The lowest BCUT2D eigenvalue weighted by Crippen LogP contribution is -2.17. The summed E-state index contributed by atoms with van der Waals surface area (Å²) in [6.45, 7) is 3.28. The lowest BCUT2D eigenvalue weighted by atomic mass is 9.95. The van der Waals surface area contributed by atoms with Gasteiger partial charge in [0.2, 0.25) is 0 Å². The van der Waals surface area contributed by atoms with Crippen LogP contribution in [-0.2, 0) is 6.54 Å². The molecule has 152 valence electrons. The van der Waals surface area contributed by atoms with Gasteiger partial charge in [0.1, 0.15) is 5.75 Å². The Kier molecular flexibility index (Phi) is 5.80. The average molecular weight is 400 g/mol. The Morgan fingerprint density at radius 1 is 1.03 bits per heavy atom. The van der Waals surface area contributed by atoms with Crippen LogP contribution < -0.4 is 15.4 Å². The highest BCUT2D eigenvalue weighted by Gasteiger charge is 2.26. The Hall–Kier alpha value is -3.60. The second kappa shape index (κ2) is 8.82. The van der Waals surface area contributed by atoms with E-state index in [1.165, 1.54) is 0 Å². The van der Waals surface area contributed by atoms with E-state index in [-0.39, 0.29) is 11.8 Å². The van der Waals surface area contributed by atoms with Gasteiger partial charge in [0, 0.05) is 12.1 Å². The van der Waals surface area contributed by atoms with E-state index in [1.54, 1.807) is 18.2 Å². The van der Waals surface area contributed by atoms with Gasteiger partial charge in [-0.25, -0.2) is 0 Å². The van der Waals surface area contributed by atoms with Crippen LogP contribution in [-0.4, -0.2) is 18.4 Å². The summed E-state index contributed by atoms with van der Waals surface area (Å²) >= 11 is 0. The van der Waals surface area contributed by atoms with Crippen LogP contribution in [0.4, 0.5) is 5.69 Å². The molecule has 1 aliphatic rings. The van der Waals surface area contributed by atoms with Crippen LogP contribution in [0.3, 0.4) is 0 Å². The van der Waals surface area contributed by atoms with Crippen molar-refractivity contribution in [3.05, 3.63) is 83.4 Å². The molecule has 0 saturated carbocycles. The van der Waals surface area contributed by atoms with E-state index < -0.39 is 0 Å². The highest BCUT2D eigenvalue weighted by atomic mass is 16.5. The summed E-state index contributed by atoms with van der Waals surface area (Å²) in [4.78, 5) is 25.1. The molecule has 0 saturated heterocycles. The highest BCUT2D eigenvalue weighted by Crippen LogP contribution is 2.34. The molecule has 2 amide bonds. The van der Waals surface area contributed by atoms with Crippen LogP contribution in [0.25, 0.3) is 11.1 Å². The number of hydrogen-bond donors (Lipinski definition) is 2. The van der Waals surface area contributed by atoms with Gasteiger partial charge in [0.15, 0.2) is 0 Å². The van der Waals surface area contributed by atoms with Gasteiger partial charge in [0.25, 0.3) is 11.8 Å². The maximum atomic E-state index is 12.6. The van der Waals surface area contributed by atoms with Crippen molar-refractivity contribution >= 4 is 17.5 Å². The second-order valence-electron chi connectivity index (χ2n) is 7.24. The predicted octanol–water partition coefficient (Wildman–Crippen LogP) is 5.03. The lowest BCUT2D eigenvalue weighted by molar-refractivity contribution is 0.0966. The van der Waals surface area contributed by atoms with Gasteiger partial charge in [-0.15, -0.1) is 0 Å². The second-order valence-corrected chi connectivity index (χ2v) is 7.24. The van der Waals surface area contributed by atoms with E-state index in [4.69, 9.17) is 4.74 Å². The van der Waals surface area contributed by atoms with E-state index in [0.29, 0.717) is 30.0 Å². The molecule has 0 spiro atoms. The number of carbonyl (C=O) groups is 2. The molecule has 5 nitrogen and oxygen atoms in total. The topological polar surface area (TPSA) is 67.4 Å². The van der Waals surface area contributed by atoms with E-state index in [2.05, 4.69) is 17.6 Å². The normalized spacial score (nSPS) is 12.2. The number of rotatable bonds is 7. The number of carbonyl (C=O) groups excluding carboxylic acids is 2. The summed E-state index contributed by atoms with van der Waals surface area (Å²) in [5.74, 6) is 0.429. The Morgan fingerprint density at radius 3 is 2.53 bits per heavy atom. The third-order valence-corrected chi connectivity index (χ3v) is 5.18. The average Bonchev–Trinajstić information content (AvgIpc) is 3.17. The zero-order valence-corrected chi connectivity index (χ0v) is 16.9. The van der Waals surface area contributed by atoms with E-state index >= 15 is 0 Å². The lowest BCUT2D eigenvalue weighted by Gasteiger charge is -2.13. The third-order valence-electron chi connectivity index (χ3n) is 5.18. The molecule has 2 N–H and O–H groups in total. The monoisotopic (exact) mass is 400 g/mol. The zero-order valence-electron chi connectivity index (χ0n) is 16.9. The van der Waals surface area contributed by atoms with Gasteiger partial charge >= 0.3 is 0 Å². The number of nitrogens with one attached hydrogen (secondary N) is 2. The first-order chi connectivity index (χ1) is 14.7. The molecule has 0 unspecified atom stereocenters.